The van der Waals surface area contributed by atoms with E-state index in [0.717, 1.165) is 30.8 Å². The average Bonchev–Trinajstić information content (AvgIpc) is 3.26. The molecule has 3 nitrogen and oxygen atoms in total. The van der Waals surface area contributed by atoms with Crippen LogP contribution in [0.4, 0.5) is 5.69 Å². The van der Waals surface area contributed by atoms with Crippen molar-refractivity contribution in [3.63, 3.8) is 0 Å². The molecule has 0 atom stereocenters. The van der Waals surface area contributed by atoms with Crippen LogP contribution in [0.25, 0.3) is 21.3 Å². The molecule has 0 aliphatic carbocycles. The van der Waals surface area contributed by atoms with Gasteiger partial charge in [-0.05, 0) is 30.0 Å². The maximum atomic E-state index is 9.29. The van der Waals surface area contributed by atoms with Gasteiger partial charge in [0.15, 0.2) is 4.80 Å². The van der Waals surface area contributed by atoms with Gasteiger partial charge in [0, 0.05) is 23.9 Å². The van der Waals surface area contributed by atoms with Crippen LogP contribution in [0.1, 0.15) is 6.42 Å². The third-order valence-corrected chi connectivity index (χ3v) is 6.26. The Hall–Kier alpha value is -1.92. The zero-order valence-corrected chi connectivity index (χ0v) is 16.3. The Morgan fingerprint density at radius 1 is 1.04 bits per heavy atom. The summed E-state index contributed by atoms with van der Waals surface area (Å²) < 4.78 is 2.94. The van der Waals surface area contributed by atoms with Crippen LogP contribution in [0.5, 0.6) is 0 Å². The van der Waals surface area contributed by atoms with E-state index in [9.17, 15) is 5.11 Å². The van der Waals surface area contributed by atoms with Crippen molar-refractivity contribution in [2.24, 2.45) is 4.99 Å². The second kappa shape index (κ2) is 7.76. The molecule has 0 saturated carbocycles. The first-order chi connectivity index (χ1) is 12.8. The number of rotatable bonds is 5. The van der Waals surface area contributed by atoms with Crippen LogP contribution in [0.15, 0.2) is 65.0 Å². The zero-order chi connectivity index (χ0) is 17.9. The van der Waals surface area contributed by atoms with Gasteiger partial charge < -0.3 is 9.67 Å². The van der Waals surface area contributed by atoms with Crippen LogP contribution in [-0.2, 0) is 6.54 Å². The molecule has 0 aliphatic heterocycles. The van der Waals surface area contributed by atoms with Crippen molar-refractivity contribution >= 4 is 50.7 Å². The Balaban J connectivity index is 1.87. The Morgan fingerprint density at radius 3 is 2.69 bits per heavy atom. The quantitative estimate of drug-likeness (QED) is 0.458. The summed E-state index contributed by atoms with van der Waals surface area (Å²) in [6.07, 6.45) is 0.686. The minimum atomic E-state index is 0.154. The van der Waals surface area contributed by atoms with E-state index in [4.69, 9.17) is 16.6 Å². The van der Waals surface area contributed by atoms with Crippen LogP contribution in [-0.4, -0.2) is 16.3 Å². The maximum absolute atomic E-state index is 9.29. The van der Waals surface area contributed by atoms with Crippen LogP contribution in [0.3, 0.4) is 0 Å². The van der Waals surface area contributed by atoms with E-state index in [0.29, 0.717) is 13.0 Å². The molecule has 4 rings (SSSR count). The monoisotopic (exact) mass is 400 g/mol. The van der Waals surface area contributed by atoms with Gasteiger partial charge in [0.25, 0.3) is 0 Å². The van der Waals surface area contributed by atoms with Gasteiger partial charge in [-0.3, -0.25) is 0 Å². The number of hydrogen-bond donors (Lipinski definition) is 1. The smallest absolute Gasteiger partial charge is 0.190 e. The molecule has 132 valence electrons. The zero-order valence-electron chi connectivity index (χ0n) is 13.9. The second-order valence-corrected chi connectivity index (χ2v) is 8.40. The highest BCUT2D eigenvalue weighted by Gasteiger charge is 2.10. The lowest BCUT2D eigenvalue weighted by atomic mass is 10.1. The lowest BCUT2D eigenvalue weighted by Gasteiger charge is -2.07. The summed E-state index contributed by atoms with van der Waals surface area (Å²) >= 11 is 9.29. The molecule has 4 aromatic rings. The van der Waals surface area contributed by atoms with E-state index in [1.54, 1.807) is 22.7 Å². The summed E-state index contributed by atoms with van der Waals surface area (Å²) in [7, 11) is 0. The van der Waals surface area contributed by atoms with E-state index in [1.165, 1.54) is 5.39 Å². The standard InChI is InChI=1S/C20H17ClN2OS2/c21-19-10-9-18(26-19)17-13-25-20(23(17)11-4-12-24)22-16-8-3-6-14-5-1-2-7-15(14)16/h1-3,5-10,13,24H,4,11-12H2. The van der Waals surface area contributed by atoms with Gasteiger partial charge in [-0.2, -0.15) is 0 Å². The second-order valence-electron chi connectivity index (χ2n) is 5.85. The molecule has 6 heteroatoms. The fraction of sp³-hybridized carbons (Fsp3) is 0.150. The summed E-state index contributed by atoms with van der Waals surface area (Å²) in [6, 6.07) is 18.4. The summed E-state index contributed by atoms with van der Waals surface area (Å²) in [6.45, 7) is 0.871. The van der Waals surface area contributed by atoms with Gasteiger partial charge in [-0.25, -0.2) is 4.99 Å². The predicted octanol–water partition coefficient (Wildman–Crippen LogP) is 5.70. The minimum absolute atomic E-state index is 0.154. The van der Waals surface area contributed by atoms with E-state index in [2.05, 4.69) is 28.1 Å². The third kappa shape index (κ3) is 3.48. The summed E-state index contributed by atoms with van der Waals surface area (Å²) in [5, 5.41) is 13.7. The van der Waals surface area contributed by atoms with E-state index in [1.807, 2.05) is 36.4 Å². The van der Waals surface area contributed by atoms with Gasteiger partial charge in [0.1, 0.15) is 0 Å². The molecule has 0 amide bonds. The van der Waals surface area contributed by atoms with Crippen LogP contribution < -0.4 is 4.80 Å². The molecule has 0 bridgehead atoms. The molecule has 0 fully saturated rings. The van der Waals surface area contributed by atoms with Crippen molar-refractivity contribution in [3.05, 3.63) is 69.1 Å². The van der Waals surface area contributed by atoms with Crippen molar-refractivity contribution in [3.8, 4) is 10.6 Å². The number of aliphatic hydroxyl groups excluding tert-OH is 1. The average molecular weight is 401 g/mol. The Labute approximate surface area is 164 Å². The number of hydrogen-bond acceptors (Lipinski definition) is 4. The number of halogens is 1. The summed E-state index contributed by atoms with van der Waals surface area (Å²) in [4.78, 5) is 6.99. The van der Waals surface area contributed by atoms with Gasteiger partial charge >= 0.3 is 0 Å². The number of nitrogens with zero attached hydrogens (tertiary/aromatic N) is 2. The number of aliphatic hydroxyl groups is 1. The molecular weight excluding hydrogens is 384 g/mol. The van der Waals surface area contributed by atoms with E-state index >= 15 is 0 Å². The largest absolute Gasteiger partial charge is 0.396 e. The molecule has 0 radical (unpaired) electrons. The van der Waals surface area contributed by atoms with Gasteiger partial charge in [-0.15, -0.1) is 22.7 Å². The molecule has 0 unspecified atom stereocenters. The topological polar surface area (TPSA) is 37.5 Å². The molecule has 0 spiro atoms. The predicted molar refractivity (Wildman–Crippen MR) is 112 cm³/mol. The van der Waals surface area contributed by atoms with Crippen LogP contribution in [0, 0.1) is 0 Å². The first kappa shape index (κ1) is 17.5. The molecule has 0 aliphatic rings. The molecule has 26 heavy (non-hydrogen) atoms. The Morgan fingerprint density at radius 2 is 1.88 bits per heavy atom. The Bertz CT molecular complexity index is 1100. The summed E-state index contributed by atoms with van der Waals surface area (Å²) in [5.74, 6) is 0. The van der Waals surface area contributed by atoms with Crippen LogP contribution >= 0.6 is 34.3 Å². The first-order valence-corrected chi connectivity index (χ1v) is 10.4. The number of thiophene rings is 1. The first-order valence-electron chi connectivity index (χ1n) is 8.33. The van der Waals surface area contributed by atoms with E-state index < -0.39 is 0 Å². The molecule has 2 aromatic carbocycles. The molecule has 1 N–H and O–H groups in total. The number of thiazole rings is 1. The van der Waals surface area contributed by atoms with Crippen molar-refractivity contribution in [2.45, 2.75) is 13.0 Å². The maximum Gasteiger partial charge on any atom is 0.190 e. The number of benzene rings is 2. The highest BCUT2D eigenvalue weighted by Crippen LogP contribution is 2.32. The summed E-state index contributed by atoms with van der Waals surface area (Å²) in [5.41, 5.74) is 2.05. The molecular formula is C20H17ClN2OS2. The van der Waals surface area contributed by atoms with E-state index in [-0.39, 0.29) is 6.61 Å². The normalized spacial score (nSPS) is 12.2. The van der Waals surface area contributed by atoms with Crippen molar-refractivity contribution in [1.82, 2.24) is 4.57 Å². The minimum Gasteiger partial charge on any atom is -0.396 e. The number of aromatic nitrogens is 1. The van der Waals surface area contributed by atoms with Gasteiger partial charge in [-0.1, -0.05) is 48.0 Å². The third-order valence-electron chi connectivity index (χ3n) is 4.15. The fourth-order valence-corrected chi connectivity index (χ4v) is 5.00. The van der Waals surface area contributed by atoms with Crippen molar-refractivity contribution in [2.75, 3.05) is 6.61 Å². The lowest BCUT2D eigenvalue weighted by molar-refractivity contribution is 0.279. The lowest BCUT2D eigenvalue weighted by Crippen LogP contribution is -2.16. The fourth-order valence-electron chi connectivity index (χ4n) is 2.92. The van der Waals surface area contributed by atoms with Crippen molar-refractivity contribution < 1.29 is 5.11 Å². The van der Waals surface area contributed by atoms with Crippen LogP contribution in [0.2, 0.25) is 4.34 Å². The highest BCUT2D eigenvalue weighted by atomic mass is 35.5. The van der Waals surface area contributed by atoms with Gasteiger partial charge in [0.2, 0.25) is 0 Å². The SMILES string of the molecule is OCCCn1c(-c2ccc(Cl)s2)csc1=Nc1cccc2ccccc12. The molecule has 0 saturated heterocycles. The molecule has 2 heterocycles. The van der Waals surface area contributed by atoms with Crippen molar-refractivity contribution in [1.29, 1.82) is 0 Å². The molecule has 2 aromatic heterocycles. The highest BCUT2D eigenvalue weighted by molar-refractivity contribution is 7.19. The van der Waals surface area contributed by atoms with Gasteiger partial charge in [0.05, 0.1) is 20.6 Å². The number of fused-ring (bicyclic) bond motifs is 1. The Kier molecular flexibility index (Phi) is 5.22.